The lowest BCUT2D eigenvalue weighted by molar-refractivity contribution is -0.122. The van der Waals surface area contributed by atoms with Gasteiger partial charge < -0.3 is 9.47 Å². The van der Waals surface area contributed by atoms with E-state index in [1.54, 1.807) is 26.2 Å². The topological polar surface area (TPSA) is 60.5 Å². The fourth-order valence-electron chi connectivity index (χ4n) is 2.20. The smallest absolute Gasteiger partial charge is 0.266 e. The van der Waals surface area contributed by atoms with E-state index >= 15 is 0 Å². The van der Waals surface area contributed by atoms with Gasteiger partial charge in [0, 0.05) is 15.4 Å². The van der Waals surface area contributed by atoms with Gasteiger partial charge in [0.1, 0.15) is 11.5 Å². The summed E-state index contributed by atoms with van der Waals surface area (Å²) in [7, 11) is 1.63. The van der Waals surface area contributed by atoms with Gasteiger partial charge in [-0.15, -0.1) is 11.3 Å². The van der Waals surface area contributed by atoms with Crippen LogP contribution in [0.15, 0.2) is 58.4 Å². The number of ether oxygens (including phenoxy) is 2. The van der Waals surface area contributed by atoms with Crippen LogP contribution in [0.2, 0.25) is 0 Å². The van der Waals surface area contributed by atoms with Gasteiger partial charge in [0.2, 0.25) is 0 Å². The number of anilines is 1. The lowest BCUT2D eigenvalue weighted by Crippen LogP contribution is -2.30. The molecule has 2 aromatic carbocycles. The largest absolute Gasteiger partial charge is 0.497 e. The van der Waals surface area contributed by atoms with Crippen molar-refractivity contribution in [3.63, 3.8) is 0 Å². The Morgan fingerprint density at radius 1 is 1.12 bits per heavy atom. The first kappa shape index (κ1) is 18.4. The van der Waals surface area contributed by atoms with E-state index in [2.05, 4.69) is 26.2 Å². The Morgan fingerprint density at radius 3 is 2.42 bits per heavy atom. The SMILES string of the molecule is COc1ccc(-c2csc(NC(=O)C(C)Oc3ccc(Br)cc3)n2)cc1. The zero-order valence-corrected chi connectivity index (χ0v) is 16.6. The standard InChI is InChI=1S/C19H17BrN2O3S/c1-12(25-16-9-5-14(20)6-10-16)18(23)22-19-21-17(11-26-19)13-3-7-15(24-2)8-4-13/h3-12H,1-2H3,(H,21,22,23). The van der Waals surface area contributed by atoms with Crippen LogP contribution in [0.4, 0.5) is 5.13 Å². The molecule has 26 heavy (non-hydrogen) atoms. The van der Waals surface area contributed by atoms with Gasteiger partial charge in [0.05, 0.1) is 12.8 Å². The van der Waals surface area contributed by atoms with Crippen LogP contribution < -0.4 is 14.8 Å². The Labute approximate surface area is 164 Å². The maximum atomic E-state index is 12.3. The summed E-state index contributed by atoms with van der Waals surface area (Å²) in [6, 6.07) is 14.9. The van der Waals surface area contributed by atoms with Gasteiger partial charge in [-0.1, -0.05) is 15.9 Å². The third-order valence-corrected chi connectivity index (χ3v) is 4.90. The van der Waals surface area contributed by atoms with Crippen LogP contribution >= 0.6 is 27.3 Å². The first-order valence-corrected chi connectivity index (χ1v) is 9.55. The molecular weight excluding hydrogens is 416 g/mol. The van der Waals surface area contributed by atoms with Crippen molar-refractivity contribution in [3.8, 4) is 22.8 Å². The maximum Gasteiger partial charge on any atom is 0.266 e. The van der Waals surface area contributed by atoms with Crippen LogP contribution in [0.25, 0.3) is 11.3 Å². The van der Waals surface area contributed by atoms with Crippen LogP contribution in [0.1, 0.15) is 6.92 Å². The van der Waals surface area contributed by atoms with Crippen molar-refractivity contribution in [1.82, 2.24) is 4.98 Å². The number of nitrogens with zero attached hydrogens (tertiary/aromatic N) is 1. The number of aromatic nitrogens is 1. The van der Waals surface area contributed by atoms with Gasteiger partial charge >= 0.3 is 0 Å². The fourth-order valence-corrected chi connectivity index (χ4v) is 3.19. The van der Waals surface area contributed by atoms with Gasteiger partial charge in [0.25, 0.3) is 5.91 Å². The molecule has 1 atom stereocenters. The first-order chi connectivity index (χ1) is 12.5. The highest BCUT2D eigenvalue weighted by Gasteiger charge is 2.16. The second kappa shape index (κ2) is 8.33. The van der Waals surface area contributed by atoms with Crippen LogP contribution in [0.5, 0.6) is 11.5 Å². The average Bonchev–Trinajstić information content (AvgIpc) is 3.12. The van der Waals surface area contributed by atoms with Crippen LogP contribution in [-0.4, -0.2) is 24.1 Å². The molecule has 3 rings (SSSR count). The van der Waals surface area contributed by atoms with Crippen molar-refractivity contribution in [2.24, 2.45) is 0 Å². The van der Waals surface area contributed by atoms with E-state index in [9.17, 15) is 4.79 Å². The molecule has 0 aliphatic rings. The molecule has 0 radical (unpaired) electrons. The second-order valence-corrected chi connectivity index (χ2v) is 7.24. The molecular formula is C19H17BrN2O3S. The molecule has 0 saturated heterocycles. The van der Waals surface area contributed by atoms with Crippen LogP contribution in [-0.2, 0) is 4.79 Å². The van der Waals surface area contributed by atoms with Gasteiger partial charge in [-0.25, -0.2) is 4.98 Å². The molecule has 3 aromatic rings. The Morgan fingerprint density at radius 2 is 1.77 bits per heavy atom. The summed E-state index contributed by atoms with van der Waals surface area (Å²) in [4.78, 5) is 16.8. The Hall–Kier alpha value is -2.38. The summed E-state index contributed by atoms with van der Waals surface area (Å²) >= 11 is 4.74. The van der Waals surface area contributed by atoms with Crippen LogP contribution in [0.3, 0.4) is 0 Å². The van der Waals surface area contributed by atoms with E-state index in [0.717, 1.165) is 21.5 Å². The number of thiazole rings is 1. The Bertz CT molecular complexity index is 879. The molecule has 0 spiro atoms. The number of amides is 1. The molecule has 0 aliphatic heterocycles. The summed E-state index contributed by atoms with van der Waals surface area (Å²) in [5.41, 5.74) is 1.76. The molecule has 1 N–H and O–H groups in total. The number of rotatable bonds is 6. The molecule has 5 nitrogen and oxygen atoms in total. The third-order valence-electron chi connectivity index (χ3n) is 3.62. The summed E-state index contributed by atoms with van der Waals surface area (Å²) in [6.07, 6.45) is -0.635. The van der Waals surface area contributed by atoms with Gasteiger partial charge in [0.15, 0.2) is 11.2 Å². The highest BCUT2D eigenvalue weighted by molar-refractivity contribution is 9.10. The zero-order valence-electron chi connectivity index (χ0n) is 14.2. The lowest BCUT2D eigenvalue weighted by Gasteiger charge is -2.13. The van der Waals surface area contributed by atoms with E-state index in [4.69, 9.17) is 9.47 Å². The predicted molar refractivity (Wildman–Crippen MR) is 107 cm³/mol. The van der Waals surface area contributed by atoms with E-state index in [-0.39, 0.29) is 5.91 Å². The van der Waals surface area contributed by atoms with Crippen molar-refractivity contribution in [2.45, 2.75) is 13.0 Å². The number of nitrogens with one attached hydrogen (secondary N) is 1. The molecule has 1 unspecified atom stereocenters. The molecule has 0 bridgehead atoms. The second-order valence-electron chi connectivity index (χ2n) is 5.47. The van der Waals surface area contributed by atoms with Gasteiger partial charge in [-0.3, -0.25) is 10.1 Å². The molecule has 134 valence electrons. The predicted octanol–water partition coefficient (Wildman–Crippen LogP) is 4.99. The van der Waals surface area contributed by atoms with Crippen molar-refractivity contribution < 1.29 is 14.3 Å². The number of methoxy groups -OCH3 is 1. The minimum Gasteiger partial charge on any atom is -0.497 e. The zero-order chi connectivity index (χ0) is 18.5. The monoisotopic (exact) mass is 432 g/mol. The minimum atomic E-state index is -0.635. The highest BCUT2D eigenvalue weighted by atomic mass is 79.9. The van der Waals surface area contributed by atoms with Crippen molar-refractivity contribution in [3.05, 3.63) is 58.4 Å². The maximum absolute atomic E-state index is 12.3. The van der Waals surface area contributed by atoms with E-state index in [1.807, 2.05) is 41.8 Å². The summed E-state index contributed by atoms with van der Waals surface area (Å²) < 4.78 is 11.8. The molecule has 1 amide bonds. The Balaban J connectivity index is 1.62. The fraction of sp³-hybridized carbons (Fsp3) is 0.158. The summed E-state index contributed by atoms with van der Waals surface area (Å²) in [5, 5.41) is 5.23. The lowest BCUT2D eigenvalue weighted by atomic mass is 10.2. The number of halogens is 1. The molecule has 0 fully saturated rings. The van der Waals surface area contributed by atoms with E-state index in [0.29, 0.717) is 10.9 Å². The molecule has 0 aliphatic carbocycles. The van der Waals surface area contributed by atoms with Crippen molar-refractivity contribution in [1.29, 1.82) is 0 Å². The minimum absolute atomic E-state index is 0.247. The Kier molecular flexibility index (Phi) is 5.90. The third kappa shape index (κ3) is 4.62. The normalized spacial score (nSPS) is 11.7. The molecule has 1 aromatic heterocycles. The van der Waals surface area contributed by atoms with Gasteiger partial charge in [-0.05, 0) is 55.5 Å². The number of hydrogen-bond donors (Lipinski definition) is 1. The number of benzene rings is 2. The number of hydrogen-bond acceptors (Lipinski definition) is 5. The molecule has 0 saturated carbocycles. The van der Waals surface area contributed by atoms with E-state index < -0.39 is 6.10 Å². The van der Waals surface area contributed by atoms with Crippen molar-refractivity contribution in [2.75, 3.05) is 12.4 Å². The molecule has 1 heterocycles. The van der Waals surface area contributed by atoms with Gasteiger partial charge in [-0.2, -0.15) is 0 Å². The summed E-state index contributed by atoms with van der Waals surface area (Å²) in [5.74, 6) is 1.17. The quantitative estimate of drug-likeness (QED) is 0.595. The van der Waals surface area contributed by atoms with Crippen LogP contribution in [0, 0.1) is 0 Å². The molecule has 7 heteroatoms. The van der Waals surface area contributed by atoms with E-state index in [1.165, 1.54) is 11.3 Å². The highest BCUT2D eigenvalue weighted by Crippen LogP contribution is 2.26. The number of carbonyl (C=O) groups is 1. The summed E-state index contributed by atoms with van der Waals surface area (Å²) in [6.45, 7) is 1.70. The van der Waals surface area contributed by atoms with Crippen molar-refractivity contribution >= 4 is 38.3 Å². The number of carbonyl (C=O) groups excluding carboxylic acids is 1. The first-order valence-electron chi connectivity index (χ1n) is 7.88. The average molecular weight is 433 g/mol.